The van der Waals surface area contributed by atoms with E-state index in [1.54, 1.807) is 7.11 Å². The second-order valence-electron chi connectivity index (χ2n) is 4.62. The summed E-state index contributed by atoms with van der Waals surface area (Å²) in [5.74, 6) is 0.957. The molecule has 0 saturated heterocycles. The van der Waals surface area contributed by atoms with Crippen LogP contribution in [-0.4, -0.2) is 7.11 Å². The second-order valence-corrected chi connectivity index (χ2v) is 5.65. The molecule has 18 heavy (non-hydrogen) atoms. The maximum absolute atomic E-state index is 5.31. The number of fused-ring (bicyclic) bond motifs is 1. The first-order valence-electron chi connectivity index (χ1n) is 6.29. The Bertz CT molecular complexity index is 521. The van der Waals surface area contributed by atoms with E-state index in [9.17, 15) is 0 Å². The first-order valence-corrected chi connectivity index (χ1v) is 7.17. The molecule has 1 aliphatic rings. The van der Waals surface area contributed by atoms with Gasteiger partial charge in [-0.2, -0.15) is 0 Å². The first-order chi connectivity index (χ1) is 8.86. The first kappa shape index (κ1) is 11.8. The summed E-state index contributed by atoms with van der Waals surface area (Å²) in [6, 6.07) is 11.2. The molecular weight excluding hydrogens is 242 g/mol. The van der Waals surface area contributed by atoms with Crippen molar-refractivity contribution in [1.29, 1.82) is 0 Å². The van der Waals surface area contributed by atoms with Gasteiger partial charge in [0.05, 0.1) is 7.11 Å². The maximum atomic E-state index is 5.31. The molecule has 0 bridgehead atoms. The third-order valence-corrected chi connectivity index (χ3v) is 4.41. The van der Waals surface area contributed by atoms with Gasteiger partial charge in [-0.05, 0) is 47.5 Å². The van der Waals surface area contributed by atoms with Crippen LogP contribution in [-0.2, 0) is 13.0 Å². The van der Waals surface area contributed by atoms with Crippen LogP contribution in [0.25, 0.3) is 0 Å². The minimum Gasteiger partial charge on any atom is -0.497 e. The van der Waals surface area contributed by atoms with Crippen molar-refractivity contribution >= 4 is 11.3 Å². The van der Waals surface area contributed by atoms with E-state index in [0.717, 1.165) is 12.3 Å². The lowest BCUT2D eigenvalue weighted by Gasteiger charge is -2.14. The highest BCUT2D eigenvalue weighted by Crippen LogP contribution is 2.34. The van der Waals surface area contributed by atoms with Crippen LogP contribution in [0, 0.1) is 0 Å². The molecule has 0 aliphatic heterocycles. The van der Waals surface area contributed by atoms with E-state index < -0.39 is 0 Å². The summed E-state index contributed by atoms with van der Waals surface area (Å²) in [5, 5.41) is 5.77. The zero-order valence-electron chi connectivity index (χ0n) is 10.5. The number of aryl methyl sites for hydroxylation is 1. The monoisotopic (exact) mass is 259 g/mol. The molecule has 2 aromatic rings. The van der Waals surface area contributed by atoms with Crippen LogP contribution < -0.4 is 10.1 Å². The van der Waals surface area contributed by atoms with E-state index in [4.69, 9.17) is 4.74 Å². The Kier molecular flexibility index (Phi) is 3.35. The molecule has 1 aromatic carbocycles. The van der Waals surface area contributed by atoms with Gasteiger partial charge in [-0.15, -0.1) is 11.3 Å². The predicted molar refractivity (Wildman–Crippen MR) is 75.2 cm³/mol. The van der Waals surface area contributed by atoms with Gasteiger partial charge in [0.2, 0.25) is 0 Å². The van der Waals surface area contributed by atoms with Gasteiger partial charge < -0.3 is 10.1 Å². The Balaban J connectivity index is 1.73. The van der Waals surface area contributed by atoms with Crippen molar-refractivity contribution in [2.45, 2.75) is 25.4 Å². The van der Waals surface area contributed by atoms with Gasteiger partial charge in [0, 0.05) is 17.5 Å². The molecule has 94 valence electrons. The van der Waals surface area contributed by atoms with Crippen molar-refractivity contribution in [3.63, 3.8) is 0 Å². The summed E-state index contributed by atoms with van der Waals surface area (Å²) in [7, 11) is 1.73. The number of thiophene rings is 1. The van der Waals surface area contributed by atoms with E-state index in [1.165, 1.54) is 28.8 Å². The number of benzene rings is 1. The van der Waals surface area contributed by atoms with Crippen LogP contribution in [0.1, 0.15) is 28.5 Å². The van der Waals surface area contributed by atoms with Crippen LogP contribution >= 0.6 is 11.3 Å². The molecular formula is C15H17NOS. The Morgan fingerprint density at radius 3 is 3.11 bits per heavy atom. The van der Waals surface area contributed by atoms with Gasteiger partial charge in [-0.3, -0.25) is 0 Å². The zero-order valence-corrected chi connectivity index (χ0v) is 11.3. The molecule has 0 saturated carbocycles. The fourth-order valence-electron chi connectivity index (χ4n) is 2.56. The van der Waals surface area contributed by atoms with Gasteiger partial charge in [0.15, 0.2) is 0 Å². The van der Waals surface area contributed by atoms with Crippen LogP contribution in [0.2, 0.25) is 0 Å². The van der Waals surface area contributed by atoms with Gasteiger partial charge in [0.25, 0.3) is 0 Å². The summed E-state index contributed by atoms with van der Waals surface area (Å²) in [6.07, 6.45) is 2.36. The third kappa shape index (κ3) is 2.28. The topological polar surface area (TPSA) is 21.3 Å². The predicted octanol–water partition coefficient (Wildman–Crippen LogP) is 3.53. The van der Waals surface area contributed by atoms with Crippen LogP contribution in [0.3, 0.4) is 0 Å². The van der Waals surface area contributed by atoms with Gasteiger partial charge in [0.1, 0.15) is 5.75 Å². The minimum atomic E-state index is 0.470. The second kappa shape index (κ2) is 5.12. The van der Waals surface area contributed by atoms with Crippen molar-refractivity contribution in [3.8, 4) is 5.75 Å². The quantitative estimate of drug-likeness (QED) is 0.907. The summed E-state index contributed by atoms with van der Waals surface area (Å²) < 4.78 is 5.31. The molecule has 0 amide bonds. The molecule has 1 unspecified atom stereocenters. The molecule has 1 N–H and O–H groups in total. The third-order valence-electron chi connectivity index (χ3n) is 3.53. The highest BCUT2D eigenvalue weighted by Gasteiger charge is 2.22. The molecule has 1 aliphatic carbocycles. The molecule has 1 atom stereocenters. The van der Waals surface area contributed by atoms with Crippen LogP contribution in [0.5, 0.6) is 5.75 Å². The lowest BCUT2D eigenvalue weighted by Crippen LogP contribution is -2.18. The van der Waals surface area contributed by atoms with Crippen molar-refractivity contribution in [2.75, 3.05) is 7.11 Å². The van der Waals surface area contributed by atoms with E-state index in [1.807, 2.05) is 11.3 Å². The Morgan fingerprint density at radius 1 is 1.39 bits per heavy atom. The SMILES string of the molecule is COc1ccc2c(c1)C(NCc1cccs1)CC2. The molecule has 1 aromatic heterocycles. The van der Waals surface area contributed by atoms with Crippen LogP contribution in [0.4, 0.5) is 0 Å². The zero-order chi connectivity index (χ0) is 12.4. The number of hydrogen-bond acceptors (Lipinski definition) is 3. The summed E-state index contributed by atoms with van der Waals surface area (Å²) in [6.45, 7) is 0.957. The molecule has 3 heteroatoms. The lowest BCUT2D eigenvalue weighted by atomic mass is 10.1. The van der Waals surface area contributed by atoms with E-state index in [0.29, 0.717) is 6.04 Å². The number of rotatable bonds is 4. The maximum Gasteiger partial charge on any atom is 0.119 e. The normalized spacial score (nSPS) is 17.7. The minimum absolute atomic E-state index is 0.470. The van der Waals surface area contributed by atoms with Crippen molar-refractivity contribution in [3.05, 3.63) is 51.7 Å². The summed E-state index contributed by atoms with van der Waals surface area (Å²) in [4.78, 5) is 1.39. The molecule has 2 nitrogen and oxygen atoms in total. The van der Waals surface area contributed by atoms with Gasteiger partial charge in [-0.1, -0.05) is 12.1 Å². The van der Waals surface area contributed by atoms with Gasteiger partial charge in [-0.25, -0.2) is 0 Å². The van der Waals surface area contributed by atoms with E-state index >= 15 is 0 Å². The fourth-order valence-corrected chi connectivity index (χ4v) is 3.21. The summed E-state index contributed by atoms with van der Waals surface area (Å²) in [5.41, 5.74) is 2.87. The summed E-state index contributed by atoms with van der Waals surface area (Å²) >= 11 is 1.81. The average Bonchev–Trinajstić information content (AvgIpc) is 3.05. The van der Waals surface area contributed by atoms with Gasteiger partial charge >= 0.3 is 0 Å². The van der Waals surface area contributed by atoms with E-state index in [2.05, 4.69) is 41.0 Å². The molecule has 3 rings (SSSR count). The number of nitrogens with one attached hydrogen (secondary N) is 1. The Hall–Kier alpha value is -1.32. The van der Waals surface area contributed by atoms with E-state index in [-0.39, 0.29) is 0 Å². The van der Waals surface area contributed by atoms with Crippen LogP contribution in [0.15, 0.2) is 35.7 Å². The van der Waals surface area contributed by atoms with Crippen molar-refractivity contribution in [2.24, 2.45) is 0 Å². The molecule has 0 fully saturated rings. The largest absolute Gasteiger partial charge is 0.497 e. The Labute approximate surface area is 112 Å². The lowest BCUT2D eigenvalue weighted by molar-refractivity contribution is 0.413. The number of ether oxygens (including phenoxy) is 1. The molecule has 0 spiro atoms. The van der Waals surface area contributed by atoms with Crippen molar-refractivity contribution in [1.82, 2.24) is 5.32 Å². The number of methoxy groups -OCH3 is 1. The fraction of sp³-hybridized carbons (Fsp3) is 0.333. The highest BCUT2D eigenvalue weighted by molar-refractivity contribution is 7.09. The smallest absolute Gasteiger partial charge is 0.119 e. The molecule has 1 heterocycles. The molecule has 0 radical (unpaired) electrons. The average molecular weight is 259 g/mol. The Morgan fingerprint density at radius 2 is 2.33 bits per heavy atom. The van der Waals surface area contributed by atoms with Crippen molar-refractivity contribution < 1.29 is 4.74 Å². The number of hydrogen-bond donors (Lipinski definition) is 1. The standard InChI is InChI=1S/C15H17NOS/c1-17-12-6-4-11-5-7-15(14(11)9-12)16-10-13-3-2-8-18-13/h2-4,6,8-9,15-16H,5,7,10H2,1H3. The highest BCUT2D eigenvalue weighted by atomic mass is 32.1.